The Morgan fingerprint density at radius 3 is 2.57 bits per heavy atom. The summed E-state index contributed by atoms with van der Waals surface area (Å²) in [5.41, 5.74) is 1.45. The molecule has 1 N–H and O–H groups in total. The van der Waals surface area contributed by atoms with Gasteiger partial charge >= 0.3 is 0 Å². The fraction of sp³-hybridized carbons (Fsp3) is 0.294. The number of amides is 1. The van der Waals surface area contributed by atoms with Crippen LogP contribution >= 0.6 is 0 Å². The zero-order chi connectivity index (χ0) is 15.1. The van der Waals surface area contributed by atoms with E-state index in [1.54, 1.807) is 18.3 Å². The molecule has 4 heteroatoms. The van der Waals surface area contributed by atoms with Crippen molar-refractivity contribution in [2.45, 2.75) is 20.4 Å². The molecule has 1 heterocycles. The summed E-state index contributed by atoms with van der Waals surface area (Å²) >= 11 is 0. The van der Waals surface area contributed by atoms with Crippen LogP contribution in [0.5, 0.6) is 5.75 Å². The quantitative estimate of drug-likeness (QED) is 0.887. The van der Waals surface area contributed by atoms with Gasteiger partial charge in [-0.2, -0.15) is 0 Å². The van der Waals surface area contributed by atoms with Crippen molar-refractivity contribution in [1.82, 2.24) is 10.3 Å². The molecule has 0 atom stereocenters. The first-order valence-corrected chi connectivity index (χ1v) is 7.06. The molecule has 1 aromatic heterocycles. The average molecular weight is 284 g/mol. The molecule has 0 unspecified atom stereocenters. The van der Waals surface area contributed by atoms with Gasteiger partial charge in [-0.05, 0) is 42.3 Å². The molecule has 0 fully saturated rings. The van der Waals surface area contributed by atoms with E-state index >= 15 is 0 Å². The van der Waals surface area contributed by atoms with Crippen molar-refractivity contribution in [2.24, 2.45) is 5.92 Å². The lowest BCUT2D eigenvalue weighted by atomic mass is 10.2. The molecule has 2 rings (SSSR count). The van der Waals surface area contributed by atoms with Gasteiger partial charge in [0.15, 0.2) is 0 Å². The Labute approximate surface area is 125 Å². The molecule has 4 nitrogen and oxygen atoms in total. The predicted octanol–water partition coefficient (Wildman–Crippen LogP) is 3.05. The van der Waals surface area contributed by atoms with Gasteiger partial charge in [-0.1, -0.05) is 19.9 Å². The highest BCUT2D eigenvalue weighted by molar-refractivity contribution is 5.94. The van der Waals surface area contributed by atoms with Crippen LogP contribution in [0.2, 0.25) is 0 Å². The van der Waals surface area contributed by atoms with Crippen molar-refractivity contribution in [3.63, 3.8) is 0 Å². The van der Waals surface area contributed by atoms with Crippen LogP contribution in [0.3, 0.4) is 0 Å². The maximum atomic E-state index is 12.0. The Hall–Kier alpha value is -2.36. The van der Waals surface area contributed by atoms with Gasteiger partial charge in [0.1, 0.15) is 5.75 Å². The Bertz CT molecular complexity index is 565. The second-order valence-corrected chi connectivity index (χ2v) is 5.23. The van der Waals surface area contributed by atoms with Crippen LogP contribution in [0.15, 0.2) is 48.7 Å². The van der Waals surface area contributed by atoms with E-state index in [0.717, 1.165) is 11.4 Å². The molecule has 0 aliphatic carbocycles. The molecule has 0 saturated heterocycles. The van der Waals surface area contributed by atoms with Gasteiger partial charge < -0.3 is 10.1 Å². The van der Waals surface area contributed by atoms with E-state index in [1.165, 1.54) is 0 Å². The van der Waals surface area contributed by atoms with Gasteiger partial charge in [-0.25, -0.2) is 0 Å². The Morgan fingerprint density at radius 1 is 1.19 bits per heavy atom. The maximum Gasteiger partial charge on any atom is 0.251 e. The van der Waals surface area contributed by atoms with Gasteiger partial charge in [0.2, 0.25) is 0 Å². The minimum Gasteiger partial charge on any atom is -0.493 e. The van der Waals surface area contributed by atoms with Gasteiger partial charge in [-0.3, -0.25) is 9.78 Å². The third-order valence-electron chi connectivity index (χ3n) is 2.86. The lowest BCUT2D eigenvalue weighted by Gasteiger charge is -2.09. The standard InChI is InChI=1S/C17H20N2O2/c1-13(2)12-21-16-8-6-14(7-9-16)17(20)19-11-15-5-3-4-10-18-15/h3-10,13H,11-12H2,1-2H3,(H,19,20). The monoisotopic (exact) mass is 284 g/mol. The normalized spacial score (nSPS) is 10.4. The van der Waals surface area contributed by atoms with Crippen LogP contribution in [0, 0.1) is 5.92 Å². The lowest BCUT2D eigenvalue weighted by molar-refractivity contribution is 0.0950. The van der Waals surface area contributed by atoms with E-state index in [9.17, 15) is 4.79 Å². The molecule has 21 heavy (non-hydrogen) atoms. The summed E-state index contributed by atoms with van der Waals surface area (Å²) in [6.07, 6.45) is 1.71. The molecule has 1 aromatic carbocycles. The van der Waals surface area contributed by atoms with Crippen LogP contribution < -0.4 is 10.1 Å². The van der Waals surface area contributed by atoms with E-state index < -0.39 is 0 Å². The first-order chi connectivity index (χ1) is 10.1. The predicted molar refractivity (Wildman–Crippen MR) is 82.2 cm³/mol. The topological polar surface area (TPSA) is 51.2 Å². The molecule has 0 bridgehead atoms. The van der Waals surface area contributed by atoms with E-state index in [2.05, 4.69) is 24.1 Å². The SMILES string of the molecule is CC(C)COc1ccc(C(=O)NCc2ccccn2)cc1. The molecule has 0 aliphatic rings. The van der Waals surface area contributed by atoms with E-state index in [4.69, 9.17) is 4.74 Å². The number of carbonyl (C=O) groups is 1. The summed E-state index contributed by atoms with van der Waals surface area (Å²) in [6, 6.07) is 12.8. The second kappa shape index (κ2) is 7.43. The first-order valence-electron chi connectivity index (χ1n) is 7.06. The van der Waals surface area contributed by atoms with E-state index in [0.29, 0.717) is 24.6 Å². The number of hydrogen-bond acceptors (Lipinski definition) is 3. The summed E-state index contributed by atoms with van der Waals surface area (Å²) in [7, 11) is 0. The van der Waals surface area contributed by atoms with Crippen molar-refractivity contribution in [3.05, 3.63) is 59.9 Å². The minimum absolute atomic E-state index is 0.115. The van der Waals surface area contributed by atoms with E-state index in [-0.39, 0.29) is 5.91 Å². The molecule has 1 amide bonds. The van der Waals surface area contributed by atoms with Gasteiger partial charge in [0.25, 0.3) is 5.91 Å². The summed E-state index contributed by atoms with van der Waals surface area (Å²) in [5, 5.41) is 2.84. The Balaban J connectivity index is 1.88. The molecular weight excluding hydrogens is 264 g/mol. The molecule has 0 radical (unpaired) electrons. The van der Waals surface area contributed by atoms with Crippen LogP contribution in [0.25, 0.3) is 0 Å². The molecule has 0 aliphatic heterocycles. The highest BCUT2D eigenvalue weighted by atomic mass is 16.5. The van der Waals surface area contributed by atoms with Gasteiger partial charge in [0.05, 0.1) is 18.8 Å². The fourth-order valence-electron chi connectivity index (χ4n) is 1.74. The van der Waals surface area contributed by atoms with Crippen LogP contribution in [0.4, 0.5) is 0 Å². The van der Waals surface area contributed by atoms with Crippen molar-refractivity contribution >= 4 is 5.91 Å². The number of nitrogens with one attached hydrogen (secondary N) is 1. The van der Waals surface area contributed by atoms with Crippen LogP contribution in [0.1, 0.15) is 29.9 Å². The zero-order valence-electron chi connectivity index (χ0n) is 12.4. The van der Waals surface area contributed by atoms with Crippen molar-refractivity contribution < 1.29 is 9.53 Å². The largest absolute Gasteiger partial charge is 0.493 e. The average Bonchev–Trinajstić information content (AvgIpc) is 2.52. The molecular formula is C17H20N2O2. The molecule has 0 saturated carbocycles. The number of carbonyl (C=O) groups excluding carboxylic acids is 1. The van der Waals surface area contributed by atoms with Gasteiger partial charge in [-0.15, -0.1) is 0 Å². The minimum atomic E-state index is -0.115. The maximum absolute atomic E-state index is 12.0. The molecule has 2 aromatic rings. The number of benzene rings is 1. The zero-order valence-corrected chi connectivity index (χ0v) is 12.4. The third-order valence-corrected chi connectivity index (χ3v) is 2.86. The van der Waals surface area contributed by atoms with E-state index in [1.807, 2.05) is 30.3 Å². The number of nitrogens with zero attached hydrogens (tertiary/aromatic N) is 1. The fourth-order valence-corrected chi connectivity index (χ4v) is 1.74. The van der Waals surface area contributed by atoms with Crippen molar-refractivity contribution in [2.75, 3.05) is 6.61 Å². The van der Waals surface area contributed by atoms with Gasteiger partial charge in [0, 0.05) is 11.8 Å². The lowest BCUT2D eigenvalue weighted by Crippen LogP contribution is -2.23. The number of rotatable bonds is 6. The number of pyridine rings is 1. The highest BCUT2D eigenvalue weighted by Crippen LogP contribution is 2.13. The second-order valence-electron chi connectivity index (χ2n) is 5.23. The van der Waals surface area contributed by atoms with Crippen molar-refractivity contribution in [1.29, 1.82) is 0 Å². The first kappa shape index (κ1) is 15.0. The smallest absolute Gasteiger partial charge is 0.251 e. The summed E-state index contributed by atoms with van der Waals surface area (Å²) in [6.45, 7) is 5.29. The summed E-state index contributed by atoms with van der Waals surface area (Å²) in [5.74, 6) is 1.15. The van der Waals surface area contributed by atoms with Crippen LogP contribution in [-0.2, 0) is 6.54 Å². The third kappa shape index (κ3) is 4.91. The highest BCUT2D eigenvalue weighted by Gasteiger charge is 2.06. The Morgan fingerprint density at radius 2 is 1.95 bits per heavy atom. The molecule has 0 spiro atoms. The van der Waals surface area contributed by atoms with Crippen molar-refractivity contribution in [3.8, 4) is 5.75 Å². The molecule has 110 valence electrons. The summed E-state index contributed by atoms with van der Waals surface area (Å²) in [4.78, 5) is 16.2. The number of ether oxygens (including phenoxy) is 1. The Kier molecular flexibility index (Phi) is 5.32. The number of hydrogen-bond donors (Lipinski definition) is 1. The number of aromatic nitrogens is 1. The van der Waals surface area contributed by atoms with Crippen LogP contribution in [-0.4, -0.2) is 17.5 Å². The summed E-state index contributed by atoms with van der Waals surface area (Å²) < 4.78 is 5.59.